The Morgan fingerprint density at radius 2 is 1.67 bits per heavy atom. The second-order valence-corrected chi connectivity index (χ2v) is 7.38. The normalized spacial score (nSPS) is 17.1. The van der Waals surface area contributed by atoms with Crippen LogP contribution in [0, 0.1) is 0 Å². The van der Waals surface area contributed by atoms with Crippen molar-refractivity contribution < 1.29 is 27.5 Å². The summed E-state index contributed by atoms with van der Waals surface area (Å²) in [4.78, 5) is 23.9. The molecule has 0 aromatic heterocycles. The Hall–Kier alpha value is -1.93. The van der Waals surface area contributed by atoms with Crippen molar-refractivity contribution >= 4 is 22.0 Å². The van der Waals surface area contributed by atoms with Crippen molar-refractivity contribution in [2.75, 3.05) is 14.2 Å². The lowest BCUT2D eigenvalue weighted by molar-refractivity contribution is -0.149. The van der Waals surface area contributed by atoms with Crippen LogP contribution in [0.25, 0.3) is 0 Å². The lowest BCUT2D eigenvalue weighted by Crippen LogP contribution is -2.56. The van der Waals surface area contributed by atoms with Gasteiger partial charge in [-0.2, -0.15) is 4.72 Å². The predicted octanol–water partition coefficient (Wildman–Crippen LogP) is 1.63. The summed E-state index contributed by atoms with van der Waals surface area (Å²) in [5.74, 6) is -1.37. The minimum atomic E-state index is -4.11. The van der Waals surface area contributed by atoms with Gasteiger partial charge >= 0.3 is 11.9 Å². The molecule has 1 aromatic carbocycles. The number of methoxy groups -OCH3 is 2. The third kappa shape index (κ3) is 3.59. The minimum absolute atomic E-state index is 0.0803. The molecule has 1 fully saturated rings. The lowest BCUT2D eigenvalue weighted by Gasteiger charge is -2.34. The number of nitrogens with one attached hydrogen (secondary N) is 1. The van der Waals surface area contributed by atoms with Crippen LogP contribution in [0.4, 0.5) is 0 Å². The summed E-state index contributed by atoms with van der Waals surface area (Å²) in [5.41, 5.74) is -1.38. The molecule has 1 aromatic rings. The van der Waals surface area contributed by atoms with Gasteiger partial charge in [-0.3, -0.25) is 4.79 Å². The molecule has 0 saturated heterocycles. The maximum Gasteiger partial charge on any atom is 0.339 e. The molecule has 0 unspecified atom stereocenters. The van der Waals surface area contributed by atoms with Crippen molar-refractivity contribution in [1.29, 1.82) is 0 Å². The third-order valence-corrected chi connectivity index (χ3v) is 5.79. The zero-order chi connectivity index (χ0) is 17.8. The Labute approximate surface area is 141 Å². The Balaban J connectivity index is 2.43. The van der Waals surface area contributed by atoms with Crippen LogP contribution in [0.3, 0.4) is 0 Å². The number of ether oxygens (including phenoxy) is 2. The summed E-state index contributed by atoms with van der Waals surface area (Å²) in [6, 6.07) is 5.73. The summed E-state index contributed by atoms with van der Waals surface area (Å²) in [6.45, 7) is 0. The molecule has 1 saturated carbocycles. The number of esters is 2. The molecule has 7 nitrogen and oxygen atoms in total. The van der Waals surface area contributed by atoms with E-state index in [2.05, 4.69) is 9.46 Å². The van der Waals surface area contributed by atoms with Crippen molar-refractivity contribution in [2.45, 2.75) is 42.5 Å². The highest BCUT2D eigenvalue weighted by Crippen LogP contribution is 2.31. The number of rotatable bonds is 5. The molecule has 8 heteroatoms. The van der Waals surface area contributed by atoms with Crippen LogP contribution in [0.1, 0.15) is 42.5 Å². The maximum atomic E-state index is 12.8. The molecule has 24 heavy (non-hydrogen) atoms. The largest absolute Gasteiger partial charge is 0.468 e. The average molecular weight is 355 g/mol. The first-order valence-electron chi connectivity index (χ1n) is 7.66. The van der Waals surface area contributed by atoms with Gasteiger partial charge in [0.25, 0.3) is 0 Å². The average Bonchev–Trinajstić information content (AvgIpc) is 2.60. The van der Waals surface area contributed by atoms with Gasteiger partial charge in [0, 0.05) is 0 Å². The molecule has 0 bridgehead atoms. The Morgan fingerprint density at radius 1 is 1.04 bits per heavy atom. The molecule has 0 amide bonds. The lowest BCUT2D eigenvalue weighted by atomic mass is 9.83. The van der Waals surface area contributed by atoms with Gasteiger partial charge in [-0.15, -0.1) is 0 Å². The van der Waals surface area contributed by atoms with E-state index in [-0.39, 0.29) is 10.5 Å². The summed E-state index contributed by atoms with van der Waals surface area (Å²) >= 11 is 0. The van der Waals surface area contributed by atoms with E-state index in [0.717, 1.165) is 19.3 Å². The second kappa shape index (κ2) is 7.31. The summed E-state index contributed by atoms with van der Waals surface area (Å²) < 4.78 is 37.6. The van der Waals surface area contributed by atoms with Gasteiger partial charge in [0.1, 0.15) is 5.54 Å². The van der Waals surface area contributed by atoms with E-state index < -0.39 is 27.5 Å². The highest BCUT2D eigenvalue weighted by molar-refractivity contribution is 7.89. The van der Waals surface area contributed by atoms with Gasteiger partial charge in [-0.25, -0.2) is 13.2 Å². The zero-order valence-corrected chi connectivity index (χ0v) is 14.5. The Bertz CT molecular complexity index is 722. The van der Waals surface area contributed by atoms with Crippen LogP contribution < -0.4 is 4.72 Å². The fourth-order valence-corrected chi connectivity index (χ4v) is 4.60. The van der Waals surface area contributed by atoms with Crippen LogP contribution in [0.15, 0.2) is 29.2 Å². The maximum absolute atomic E-state index is 12.8. The highest BCUT2D eigenvalue weighted by atomic mass is 32.2. The standard InChI is InChI=1S/C16H21NO6S/c1-22-14(18)12-8-4-5-9-13(12)24(20,21)17-16(15(19)23-2)10-6-3-7-11-16/h4-5,8-9,17H,3,6-7,10-11H2,1-2H3. The van der Waals surface area contributed by atoms with Crippen molar-refractivity contribution in [3.8, 4) is 0 Å². The Morgan fingerprint density at radius 3 is 2.25 bits per heavy atom. The highest BCUT2D eigenvalue weighted by Gasteiger charge is 2.44. The fraction of sp³-hybridized carbons (Fsp3) is 0.500. The quantitative estimate of drug-likeness (QED) is 0.806. The van der Waals surface area contributed by atoms with Crippen molar-refractivity contribution in [3.63, 3.8) is 0 Å². The predicted molar refractivity (Wildman–Crippen MR) is 85.9 cm³/mol. The molecule has 0 spiro atoms. The van der Waals surface area contributed by atoms with Crippen LogP contribution in [-0.4, -0.2) is 40.1 Å². The van der Waals surface area contributed by atoms with E-state index >= 15 is 0 Å². The molecule has 0 heterocycles. The zero-order valence-electron chi connectivity index (χ0n) is 13.7. The van der Waals surface area contributed by atoms with Crippen LogP contribution >= 0.6 is 0 Å². The van der Waals surface area contributed by atoms with Gasteiger partial charge in [0.2, 0.25) is 10.0 Å². The van der Waals surface area contributed by atoms with Crippen molar-refractivity contribution in [3.05, 3.63) is 29.8 Å². The van der Waals surface area contributed by atoms with Crippen LogP contribution in [0.2, 0.25) is 0 Å². The molecule has 0 aliphatic heterocycles. The first kappa shape index (κ1) is 18.4. The van der Waals surface area contributed by atoms with Gasteiger partial charge in [-0.1, -0.05) is 31.4 Å². The minimum Gasteiger partial charge on any atom is -0.468 e. The van der Waals surface area contributed by atoms with Gasteiger partial charge in [-0.05, 0) is 25.0 Å². The van der Waals surface area contributed by atoms with E-state index in [1.54, 1.807) is 6.07 Å². The topological polar surface area (TPSA) is 98.8 Å². The van der Waals surface area contributed by atoms with Crippen molar-refractivity contribution in [1.82, 2.24) is 4.72 Å². The fourth-order valence-electron chi connectivity index (χ4n) is 2.99. The SMILES string of the molecule is COC(=O)c1ccccc1S(=O)(=O)NC1(C(=O)OC)CCCCC1. The number of hydrogen-bond acceptors (Lipinski definition) is 6. The van der Waals surface area contributed by atoms with E-state index in [1.165, 1.54) is 32.4 Å². The number of hydrogen-bond donors (Lipinski definition) is 1. The molecule has 0 atom stereocenters. The first-order valence-corrected chi connectivity index (χ1v) is 9.14. The van der Waals surface area contributed by atoms with E-state index in [1.807, 2.05) is 0 Å². The molecule has 1 N–H and O–H groups in total. The Kier molecular flexibility index (Phi) is 5.61. The molecule has 132 valence electrons. The number of carbonyl (C=O) groups is 2. The summed E-state index contributed by atoms with van der Waals surface area (Å²) in [5, 5.41) is 0. The second-order valence-electron chi connectivity index (χ2n) is 5.73. The number of carbonyl (C=O) groups excluding carboxylic acids is 2. The van der Waals surface area contributed by atoms with E-state index in [4.69, 9.17) is 4.74 Å². The molecular formula is C16H21NO6S. The van der Waals surface area contributed by atoms with Crippen LogP contribution in [-0.2, 0) is 24.3 Å². The molecule has 2 rings (SSSR count). The number of benzene rings is 1. The molecule has 1 aliphatic carbocycles. The molecule has 1 aliphatic rings. The monoisotopic (exact) mass is 355 g/mol. The molecule has 0 radical (unpaired) electrons. The smallest absolute Gasteiger partial charge is 0.339 e. The molecular weight excluding hydrogens is 334 g/mol. The summed E-state index contributed by atoms with van der Waals surface area (Å²) in [6.07, 6.45) is 3.09. The van der Waals surface area contributed by atoms with Crippen molar-refractivity contribution in [2.24, 2.45) is 0 Å². The number of sulfonamides is 1. The summed E-state index contributed by atoms with van der Waals surface area (Å²) in [7, 11) is -1.70. The van der Waals surface area contributed by atoms with E-state index in [0.29, 0.717) is 12.8 Å². The first-order chi connectivity index (χ1) is 11.4. The van der Waals surface area contributed by atoms with Gasteiger partial charge in [0.15, 0.2) is 0 Å². The van der Waals surface area contributed by atoms with Gasteiger partial charge in [0.05, 0.1) is 24.7 Å². The van der Waals surface area contributed by atoms with Gasteiger partial charge < -0.3 is 9.47 Å². The van der Waals surface area contributed by atoms with E-state index in [9.17, 15) is 18.0 Å². The third-order valence-electron chi connectivity index (χ3n) is 4.19. The van der Waals surface area contributed by atoms with Crippen LogP contribution in [0.5, 0.6) is 0 Å².